The number of hydrogen-bond donors (Lipinski definition) is 0. The Labute approximate surface area is 108 Å². The van der Waals surface area contributed by atoms with E-state index in [4.69, 9.17) is 5.26 Å². The summed E-state index contributed by atoms with van der Waals surface area (Å²) >= 11 is 0. The summed E-state index contributed by atoms with van der Waals surface area (Å²) < 4.78 is 38.5. The largest absolute Gasteiger partial charge is 0.417 e. The summed E-state index contributed by atoms with van der Waals surface area (Å²) in [6.45, 7) is 0.548. The van der Waals surface area contributed by atoms with Crippen molar-refractivity contribution in [2.45, 2.75) is 25.1 Å². The molecule has 2 rings (SSSR count). The van der Waals surface area contributed by atoms with Crippen molar-refractivity contribution in [1.29, 1.82) is 5.26 Å². The summed E-state index contributed by atoms with van der Waals surface area (Å²) in [5.41, 5.74) is -1.02. The number of hydrogen-bond acceptors (Lipinski definition) is 3. The quantitative estimate of drug-likeness (QED) is 0.775. The average molecular weight is 268 g/mol. The van der Waals surface area contributed by atoms with Gasteiger partial charge in [0.2, 0.25) is 0 Å². The van der Waals surface area contributed by atoms with Gasteiger partial charge in [-0.05, 0) is 31.0 Å². The van der Waals surface area contributed by atoms with E-state index in [9.17, 15) is 18.0 Å². The highest BCUT2D eigenvalue weighted by atomic mass is 19.4. The Hall–Kier alpha value is -2.03. The minimum Gasteiger partial charge on any atom is -0.362 e. The fourth-order valence-corrected chi connectivity index (χ4v) is 2.30. The van der Waals surface area contributed by atoms with Crippen LogP contribution in [0.1, 0.15) is 24.0 Å². The van der Waals surface area contributed by atoms with Crippen LogP contribution in [0.5, 0.6) is 0 Å². The first kappa shape index (κ1) is 13.4. The molecule has 0 N–H and O–H groups in total. The molecule has 0 amide bonds. The fourth-order valence-electron chi connectivity index (χ4n) is 2.30. The average Bonchev–Trinajstić information content (AvgIpc) is 2.85. The van der Waals surface area contributed by atoms with Gasteiger partial charge >= 0.3 is 6.18 Å². The third kappa shape index (κ3) is 2.55. The Morgan fingerprint density at radius 3 is 2.74 bits per heavy atom. The van der Waals surface area contributed by atoms with Crippen LogP contribution in [0.2, 0.25) is 0 Å². The molecule has 0 saturated carbocycles. The highest BCUT2D eigenvalue weighted by Gasteiger charge is 2.35. The van der Waals surface area contributed by atoms with Crippen LogP contribution in [0.4, 0.5) is 18.9 Å². The lowest BCUT2D eigenvalue weighted by molar-refractivity contribution is -0.137. The molecule has 0 aliphatic carbocycles. The minimum atomic E-state index is -4.57. The summed E-state index contributed by atoms with van der Waals surface area (Å²) in [6, 6.07) is 4.71. The number of alkyl halides is 3. The molecule has 3 nitrogen and oxygen atoms in total. The molecule has 19 heavy (non-hydrogen) atoms. The smallest absolute Gasteiger partial charge is 0.362 e. The summed E-state index contributed by atoms with van der Waals surface area (Å²) in [5.74, 6) is 0. The van der Waals surface area contributed by atoms with Crippen LogP contribution in [0, 0.1) is 11.3 Å². The number of rotatable bonds is 2. The molecule has 1 aliphatic rings. The van der Waals surface area contributed by atoms with E-state index >= 15 is 0 Å². The van der Waals surface area contributed by atoms with Gasteiger partial charge in [0.1, 0.15) is 6.29 Å². The number of anilines is 1. The molecular formula is C13H11F3N2O. The van der Waals surface area contributed by atoms with Gasteiger partial charge in [-0.1, -0.05) is 0 Å². The van der Waals surface area contributed by atoms with Gasteiger partial charge in [-0.15, -0.1) is 0 Å². The minimum absolute atomic E-state index is 0.334. The van der Waals surface area contributed by atoms with Gasteiger partial charge in [0.15, 0.2) is 0 Å². The highest BCUT2D eigenvalue weighted by Crippen LogP contribution is 2.35. The van der Waals surface area contributed by atoms with E-state index in [-0.39, 0.29) is 6.04 Å². The molecule has 1 fully saturated rings. The molecule has 1 saturated heterocycles. The van der Waals surface area contributed by atoms with Gasteiger partial charge in [-0.25, -0.2) is 0 Å². The second kappa shape index (κ2) is 4.92. The zero-order valence-electron chi connectivity index (χ0n) is 9.94. The maximum atomic E-state index is 12.8. The van der Waals surface area contributed by atoms with E-state index in [1.165, 1.54) is 12.1 Å². The fraction of sp³-hybridized carbons (Fsp3) is 0.385. The molecule has 0 bridgehead atoms. The van der Waals surface area contributed by atoms with Crippen LogP contribution in [-0.2, 0) is 11.0 Å². The van der Waals surface area contributed by atoms with E-state index in [2.05, 4.69) is 0 Å². The lowest BCUT2D eigenvalue weighted by Crippen LogP contribution is -2.30. The molecule has 6 heteroatoms. The Morgan fingerprint density at radius 2 is 2.16 bits per heavy atom. The van der Waals surface area contributed by atoms with E-state index < -0.39 is 17.3 Å². The first-order valence-corrected chi connectivity index (χ1v) is 5.80. The van der Waals surface area contributed by atoms with Crippen LogP contribution in [0.15, 0.2) is 18.2 Å². The van der Waals surface area contributed by atoms with Gasteiger partial charge in [0.05, 0.1) is 23.2 Å². The van der Waals surface area contributed by atoms with E-state index in [1.807, 2.05) is 0 Å². The van der Waals surface area contributed by atoms with Gasteiger partial charge in [-0.3, -0.25) is 0 Å². The van der Waals surface area contributed by atoms with Gasteiger partial charge in [0.25, 0.3) is 0 Å². The lowest BCUT2D eigenvalue weighted by atomic mass is 10.1. The lowest BCUT2D eigenvalue weighted by Gasteiger charge is -2.24. The third-order valence-corrected chi connectivity index (χ3v) is 3.22. The molecule has 100 valence electrons. The van der Waals surface area contributed by atoms with E-state index in [0.717, 1.165) is 24.8 Å². The third-order valence-electron chi connectivity index (χ3n) is 3.22. The number of nitrogens with zero attached hydrogens (tertiary/aromatic N) is 2. The predicted molar refractivity (Wildman–Crippen MR) is 62.6 cm³/mol. The molecule has 1 aliphatic heterocycles. The number of halogens is 3. The molecule has 1 unspecified atom stereocenters. The maximum Gasteiger partial charge on any atom is 0.417 e. The Morgan fingerprint density at radius 1 is 1.42 bits per heavy atom. The van der Waals surface area contributed by atoms with E-state index in [1.54, 1.807) is 4.90 Å². The predicted octanol–water partition coefficient (Wildman–Crippen LogP) is 2.74. The molecule has 1 aromatic rings. The van der Waals surface area contributed by atoms with Crippen molar-refractivity contribution in [2.75, 3.05) is 11.4 Å². The van der Waals surface area contributed by atoms with Crippen molar-refractivity contribution in [3.05, 3.63) is 29.3 Å². The first-order valence-electron chi connectivity index (χ1n) is 5.80. The van der Waals surface area contributed by atoms with Crippen molar-refractivity contribution in [2.24, 2.45) is 0 Å². The van der Waals surface area contributed by atoms with Crippen molar-refractivity contribution < 1.29 is 18.0 Å². The Balaban J connectivity index is 2.44. The van der Waals surface area contributed by atoms with Crippen molar-refractivity contribution in [1.82, 2.24) is 0 Å². The van der Waals surface area contributed by atoms with Crippen LogP contribution in [0.25, 0.3) is 0 Å². The van der Waals surface area contributed by atoms with Crippen LogP contribution in [-0.4, -0.2) is 18.9 Å². The van der Waals surface area contributed by atoms with Gasteiger partial charge in [-0.2, -0.15) is 18.4 Å². The number of carbonyl (C=O) groups excluding carboxylic acids is 1. The number of carbonyl (C=O) groups is 1. The topological polar surface area (TPSA) is 44.1 Å². The molecular weight excluding hydrogens is 257 g/mol. The Bertz CT molecular complexity index is 534. The zero-order chi connectivity index (χ0) is 14.0. The molecule has 1 aromatic carbocycles. The SMILES string of the molecule is N#Cc1ccc(N2CCCC2C=O)cc1C(F)(F)F. The Kier molecular flexibility index (Phi) is 3.47. The number of aldehydes is 1. The van der Waals surface area contributed by atoms with Crippen LogP contribution >= 0.6 is 0 Å². The van der Waals surface area contributed by atoms with E-state index in [0.29, 0.717) is 18.7 Å². The zero-order valence-corrected chi connectivity index (χ0v) is 9.94. The molecule has 0 spiro atoms. The summed E-state index contributed by atoms with van der Waals surface area (Å²) in [5, 5.41) is 8.72. The van der Waals surface area contributed by atoms with Crippen molar-refractivity contribution in [3.8, 4) is 6.07 Å². The maximum absolute atomic E-state index is 12.8. The second-order valence-corrected chi connectivity index (χ2v) is 4.38. The van der Waals surface area contributed by atoms with Crippen LogP contribution < -0.4 is 4.90 Å². The molecule has 0 aromatic heterocycles. The summed E-state index contributed by atoms with van der Waals surface area (Å²) in [6.07, 6.45) is -2.41. The molecule has 1 heterocycles. The first-order chi connectivity index (χ1) is 8.97. The van der Waals surface area contributed by atoms with Gasteiger partial charge in [0, 0.05) is 12.2 Å². The normalized spacial score (nSPS) is 19.3. The summed E-state index contributed by atoms with van der Waals surface area (Å²) in [7, 11) is 0. The van der Waals surface area contributed by atoms with Gasteiger partial charge < -0.3 is 9.69 Å². The van der Waals surface area contributed by atoms with Crippen LogP contribution in [0.3, 0.4) is 0 Å². The standard InChI is InChI=1S/C13H11F3N2O/c14-13(15,16)12-6-10(4-3-9(12)7-17)18-5-1-2-11(18)8-19/h3-4,6,8,11H,1-2,5H2. The number of benzene rings is 1. The van der Waals surface area contributed by atoms with Crippen molar-refractivity contribution in [3.63, 3.8) is 0 Å². The second-order valence-electron chi connectivity index (χ2n) is 4.38. The van der Waals surface area contributed by atoms with Crippen molar-refractivity contribution >= 4 is 12.0 Å². The summed E-state index contributed by atoms with van der Waals surface area (Å²) in [4.78, 5) is 12.5. The molecule has 1 atom stereocenters. The monoisotopic (exact) mass is 268 g/mol. The highest BCUT2D eigenvalue weighted by molar-refractivity contribution is 5.68. The molecule has 0 radical (unpaired) electrons. The number of nitriles is 1.